The summed E-state index contributed by atoms with van der Waals surface area (Å²) in [4.78, 5) is 15.6. The Kier molecular flexibility index (Phi) is 4.89. The van der Waals surface area contributed by atoms with Crippen molar-refractivity contribution in [1.29, 1.82) is 0 Å². The topological polar surface area (TPSA) is 54.0 Å². The third-order valence-electron chi connectivity index (χ3n) is 2.63. The molecule has 0 bridgehead atoms. The van der Waals surface area contributed by atoms with Crippen molar-refractivity contribution < 1.29 is 18.0 Å². The zero-order valence-electron chi connectivity index (χ0n) is 10.9. The molecule has 1 amide bonds. The van der Waals surface area contributed by atoms with Crippen LogP contribution in [0.5, 0.6) is 0 Å². The minimum absolute atomic E-state index is 0.116. The maximum Gasteiger partial charge on any atom is 0.238 e. The molecule has 1 aromatic carbocycles. The minimum Gasteiger partial charge on any atom is -0.322 e. The van der Waals surface area contributed by atoms with Gasteiger partial charge in [-0.3, -0.25) is 9.78 Å². The zero-order valence-corrected chi connectivity index (χ0v) is 10.9. The van der Waals surface area contributed by atoms with Gasteiger partial charge in [-0.25, -0.2) is 13.2 Å². The number of nitrogens with one attached hydrogen (secondary N) is 2. The van der Waals surface area contributed by atoms with E-state index in [2.05, 4.69) is 15.6 Å². The highest BCUT2D eigenvalue weighted by molar-refractivity contribution is 5.92. The highest BCUT2D eigenvalue weighted by atomic mass is 19.2. The van der Waals surface area contributed by atoms with Gasteiger partial charge in [0.25, 0.3) is 0 Å². The summed E-state index contributed by atoms with van der Waals surface area (Å²) >= 11 is 0. The molecule has 0 radical (unpaired) electrons. The van der Waals surface area contributed by atoms with Crippen LogP contribution in [0, 0.1) is 17.5 Å². The summed E-state index contributed by atoms with van der Waals surface area (Å²) in [6.07, 6.45) is 1.62. The second-order valence-electron chi connectivity index (χ2n) is 4.20. The van der Waals surface area contributed by atoms with Crippen LogP contribution in [0.2, 0.25) is 0 Å². The summed E-state index contributed by atoms with van der Waals surface area (Å²) in [5.41, 5.74) is 0.336. The Labute approximate surface area is 119 Å². The first-order valence-electron chi connectivity index (χ1n) is 6.12. The van der Waals surface area contributed by atoms with Crippen molar-refractivity contribution in [1.82, 2.24) is 10.3 Å². The normalized spacial score (nSPS) is 10.4. The summed E-state index contributed by atoms with van der Waals surface area (Å²) < 4.78 is 39.1. The number of amides is 1. The molecule has 110 valence electrons. The van der Waals surface area contributed by atoms with Gasteiger partial charge in [-0.15, -0.1) is 0 Å². The molecule has 2 N–H and O–H groups in total. The van der Waals surface area contributed by atoms with Crippen LogP contribution in [0.15, 0.2) is 36.5 Å². The average Bonchev–Trinajstić information content (AvgIpc) is 2.49. The first kappa shape index (κ1) is 15.0. The van der Waals surface area contributed by atoms with Crippen molar-refractivity contribution >= 4 is 11.6 Å². The zero-order chi connectivity index (χ0) is 15.2. The van der Waals surface area contributed by atoms with Gasteiger partial charge in [-0.05, 0) is 24.3 Å². The van der Waals surface area contributed by atoms with Crippen molar-refractivity contribution in [3.05, 3.63) is 59.7 Å². The van der Waals surface area contributed by atoms with Crippen LogP contribution in [0.4, 0.5) is 18.9 Å². The highest BCUT2D eigenvalue weighted by Gasteiger charge is 2.14. The lowest BCUT2D eigenvalue weighted by Gasteiger charge is -2.08. The fourth-order valence-electron chi connectivity index (χ4n) is 1.62. The van der Waals surface area contributed by atoms with Crippen LogP contribution in [0.25, 0.3) is 0 Å². The van der Waals surface area contributed by atoms with Gasteiger partial charge >= 0.3 is 0 Å². The number of benzene rings is 1. The van der Waals surface area contributed by atoms with Crippen molar-refractivity contribution in [2.75, 3.05) is 11.9 Å². The summed E-state index contributed by atoms with van der Waals surface area (Å²) in [6, 6.07) is 7.06. The number of halogens is 3. The van der Waals surface area contributed by atoms with E-state index >= 15 is 0 Å². The van der Waals surface area contributed by atoms with E-state index in [9.17, 15) is 18.0 Å². The van der Waals surface area contributed by atoms with Gasteiger partial charge in [0.2, 0.25) is 5.91 Å². The molecule has 0 atom stereocenters. The number of hydrogen-bond acceptors (Lipinski definition) is 3. The van der Waals surface area contributed by atoms with Crippen molar-refractivity contribution in [3.8, 4) is 0 Å². The predicted octanol–water partition coefficient (Wildman–Crippen LogP) is 2.23. The molecule has 0 aliphatic heterocycles. The quantitative estimate of drug-likeness (QED) is 0.832. The smallest absolute Gasteiger partial charge is 0.238 e. The minimum atomic E-state index is -1.62. The third kappa shape index (κ3) is 4.03. The number of nitrogens with zero attached hydrogens (tertiary/aromatic N) is 1. The Bertz CT molecular complexity index is 635. The lowest BCUT2D eigenvalue weighted by atomic mass is 10.2. The Morgan fingerprint density at radius 1 is 1.10 bits per heavy atom. The van der Waals surface area contributed by atoms with Gasteiger partial charge in [0.1, 0.15) is 0 Å². The van der Waals surface area contributed by atoms with Crippen LogP contribution in [-0.4, -0.2) is 17.4 Å². The molecule has 0 saturated carbocycles. The monoisotopic (exact) mass is 295 g/mol. The molecular formula is C14H12F3N3O. The van der Waals surface area contributed by atoms with Gasteiger partial charge in [-0.1, -0.05) is 6.07 Å². The van der Waals surface area contributed by atoms with Crippen molar-refractivity contribution in [2.24, 2.45) is 0 Å². The third-order valence-corrected chi connectivity index (χ3v) is 2.63. The molecule has 0 aliphatic carbocycles. The number of rotatable bonds is 5. The number of carbonyl (C=O) groups is 1. The lowest BCUT2D eigenvalue weighted by Crippen LogP contribution is -2.28. The predicted molar refractivity (Wildman–Crippen MR) is 70.9 cm³/mol. The van der Waals surface area contributed by atoms with Gasteiger partial charge in [0.15, 0.2) is 17.5 Å². The van der Waals surface area contributed by atoms with E-state index < -0.39 is 29.0 Å². The number of pyridine rings is 1. The number of aromatic nitrogens is 1. The van der Waals surface area contributed by atoms with Crippen LogP contribution in [-0.2, 0) is 11.3 Å². The van der Waals surface area contributed by atoms with Crippen molar-refractivity contribution in [3.63, 3.8) is 0 Å². The van der Waals surface area contributed by atoms with Gasteiger partial charge in [0.05, 0.1) is 17.9 Å². The molecule has 0 saturated heterocycles. The van der Waals surface area contributed by atoms with E-state index in [1.165, 1.54) is 0 Å². The SMILES string of the molecule is O=C(CNCc1ccccn1)Nc1ccc(F)c(F)c1F. The van der Waals surface area contributed by atoms with Gasteiger partial charge < -0.3 is 10.6 Å². The number of hydrogen-bond donors (Lipinski definition) is 2. The highest BCUT2D eigenvalue weighted by Crippen LogP contribution is 2.19. The van der Waals surface area contributed by atoms with Crippen LogP contribution in [0.1, 0.15) is 5.69 Å². The fourth-order valence-corrected chi connectivity index (χ4v) is 1.62. The maximum absolute atomic E-state index is 13.3. The van der Waals surface area contributed by atoms with Crippen LogP contribution < -0.4 is 10.6 Å². The summed E-state index contributed by atoms with van der Waals surface area (Å²) in [5.74, 6) is -4.92. The Morgan fingerprint density at radius 2 is 1.90 bits per heavy atom. The van der Waals surface area contributed by atoms with Crippen LogP contribution >= 0.6 is 0 Å². The molecule has 1 heterocycles. The van der Waals surface area contributed by atoms with E-state index in [4.69, 9.17) is 0 Å². The van der Waals surface area contributed by atoms with E-state index in [1.807, 2.05) is 0 Å². The molecule has 0 spiro atoms. The largest absolute Gasteiger partial charge is 0.322 e. The molecule has 0 unspecified atom stereocenters. The lowest BCUT2D eigenvalue weighted by molar-refractivity contribution is -0.115. The molecule has 2 aromatic rings. The van der Waals surface area contributed by atoms with Crippen LogP contribution in [0.3, 0.4) is 0 Å². The average molecular weight is 295 g/mol. The number of carbonyl (C=O) groups excluding carboxylic acids is 1. The van der Waals surface area contributed by atoms with Gasteiger partial charge in [0, 0.05) is 12.7 Å². The summed E-state index contributed by atoms with van der Waals surface area (Å²) in [7, 11) is 0. The van der Waals surface area contributed by atoms with E-state index in [1.54, 1.807) is 24.4 Å². The maximum atomic E-state index is 13.3. The Morgan fingerprint density at radius 3 is 2.62 bits per heavy atom. The Hall–Kier alpha value is -2.41. The summed E-state index contributed by atoms with van der Waals surface area (Å²) in [5, 5.41) is 4.96. The molecule has 0 aliphatic rings. The van der Waals surface area contributed by atoms with E-state index in [-0.39, 0.29) is 6.54 Å². The van der Waals surface area contributed by atoms with Gasteiger partial charge in [-0.2, -0.15) is 0 Å². The Balaban J connectivity index is 1.86. The molecular weight excluding hydrogens is 283 g/mol. The molecule has 7 heteroatoms. The molecule has 21 heavy (non-hydrogen) atoms. The van der Waals surface area contributed by atoms with Crippen molar-refractivity contribution in [2.45, 2.75) is 6.54 Å². The molecule has 2 rings (SSSR count). The van der Waals surface area contributed by atoms with E-state index in [0.29, 0.717) is 6.54 Å². The second-order valence-corrected chi connectivity index (χ2v) is 4.20. The molecule has 1 aromatic heterocycles. The first-order valence-corrected chi connectivity index (χ1v) is 6.12. The molecule has 0 fully saturated rings. The summed E-state index contributed by atoms with van der Waals surface area (Å²) in [6.45, 7) is 0.240. The van der Waals surface area contributed by atoms with E-state index in [0.717, 1.165) is 17.8 Å². The first-order chi connectivity index (χ1) is 10.1. The standard InChI is InChI=1S/C14H12F3N3O/c15-10-4-5-11(14(17)13(10)16)20-12(21)8-18-7-9-3-1-2-6-19-9/h1-6,18H,7-8H2,(H,20,21). The number of anilines is 1. The molecule has 4 nitrogen and oxygen atoms in total. The fraction of sp³-hybridized carbons (Fsp3) is 0.143. The second kappa shape index (κ2) is 6.85.